The van der Waals surface area contributed by atoms with Gasteiger partial charge in [-0.15, -0.1) is 11.3 Å². The van der Waals surface area contributed by atoms with Gasteiger partial charge in [-0.2, -0.15) is 0 Å². The van der Waals surface area contributed by atoms with Crippen LogP contribution in [0.5, 0.6) is 0 Å². The van der Waals surface area contributed by atoms with Crippen molar-refractivity contribution in [3.8, 4) is 0 Å². The first-order chi connectivity index (χ1) is 9.82. The molecule has 3 nitrogen and oxygen atoms in total. The monoisotopic (exact) mass is 291 g/mol. The topological polar surface area (TPSA) is 32.5 Å². The SMILES string of the molecule is NCC1(N(Cc2cccs2)C2CC2)CN2CCC1CC2. The zero-order valence-corrected chi connectivity index (χ0v) is 12.9. The van der Waals surface area contributed by atoms with Gasteiger partial charge in [0.2, 0.25) is 0 Å². The molecule has 0 spiro atoms. The van der Waals surface area contributed by atoms with Crippen molar-refractivity contribution < 1.29 is 0 Å². The highest BCUT2D eigenvalue weighted by atomic mass is 32.1. The third-order valence-electron chi connectivity index (χ3n) is 5.66. The molecule has 3 aliphatic heterocycles. The molecule has 1 unspecified atom stereocenters. The second-order valence-corrected chi connectivity index (χ2v) is 7.83. The van der Waals surface area contributed by atoms with E-state index in [1.165, 1.54) is 50.2 Å². The van der Waals surface area contributed by atoms with Gasteiger partial charge in [-0.3, -0.25) is 4.90 Å². The van der Waals surface area contributed by atoms with Crippen molar-refractivity contribution in [2.75, 3.05) is 26.2 Å². The average Bonchev–Trinajstić information content (AvgIpc) is 3.22. The fraction of sp³-hybridized carbons (Fsp3) is 0.750. The molecule has 4 fully saturated rings. The molecule has 0 radical (unpaired) electrons. The van der Waals surface area contributed by atoms with Crippen LogP contribution < -0.4 is 5.73 Å². The van der Waals surface area contributed by atoms with E-state index in [1.54, 1.807) is 0 Å². The molecule has 1 atom stereocenters. The largest absolute Gasteiger partial charge is 0.329 e. The molecule has 1 aliphatic carbocycles. The predicted molar refractivity (Wildman–Crippen MR) is 83.8 cm³/mol. The number of rotatable bonds is 5. The molecule has 5 rings (SSSR count). The standard InChI is InChI=1S/C16H25N3S/c17-11-16(12-18-7-5-13(16)6-8-18)19(14-3-4-14)10-15-2-1-9-20-15/h1-2,9,13-14H,3-8,10-12,17H2. The quantitative estimate of drug-likeness (QED) is 0.902. The number of nitrogens with zero attached hydrogens (tertiary/aromatic N) is 2. The minimum Gasteiger partial charge on any atom is -0.329 e. The first kappa shape index (κ1) is 13.3. The highest BCUT2D eigenvalue weighted by Crippen LogP contribution is 2.45. The lowest BCUT2D eigenvalue weighted by atomic mass is 9.71. The summed E-state index contributed by atoms with van der Waals surface area (Å²) < 4.78 is 0. The van der Waals surface area contributed by atoms with Crippen LogP contribution in [0.25, 0.3) is 0 Å². The Labute approximate surface area is 125 Å². The number of fused-ring (bicyclic) bond motifs is 3. The minimum absolute atomic E-state index is 0.252. The summed E-state index contributed by atoms with van der Waals surface area (Å²) >= 11 is 1.89. The minimum atomic E-state index is 0.252. The number of thiophene rings is 1. The first-order valence-corrected chi connectivity index (χ1v) is 8.91. The van der Waals surface area contributed by atoms with Gasteiger partial charge in [-0.1, -0.05) is 6.07 Å². The fourth-order valence-electron chi connectivity index (χ4n) is 4.43. The maximum atomic E-state index is 6.36. The van der Waals surface area contributed by atoms with Crippen LogP contribution in [0.15, 0.2) is 17.5 Å². The maximum Gasteiger partial charge on any atom is 0.0494 e. The van der Waals surface area contributed by atoms with Gasteiger partial charge in [-0.25, -0.2) is 0 Å². The number of piperidine rings is 3. The van der Waals surface area contributed by atoms with E-state index in [0.717, 1.165) is 25.0 Å². The van der Waals surface area contributed by atoms with Crippen molar-refractivity contribution >= 4 is 11.3 Å². The Morgan fingerprint density at radius 3 is 2.60 bits per heavy atom. The fourth-order valence-corrected chi connectivity index (χ4v) is 5.13. The highest BCUT2D eigenvalue weighted by molar-refractivity contribution is 7.09. The van der Waals surface area contributed by atoms with E-state index in [2.05, 4.69) is 27.3 Å². The molecule has 110 valence electrons. The molecule has 0 amide bonds. The van der Waals surface area contributed by atoms with Gasteiger partial charge in [0.15, 0.2) is 0 Å². The van der Waals surface area contributed by atoms with Crippen molar-refractivity contribution in [3.05, 3.63) is 22.4 Å². The normalized spacial score (nSPS) is 36.7. The maximum absolute atomic E-state index is 6.36. The van der Waals surface area contributed by atoms with Crippen LogP contribution in [-0.4, -0.2) is 47.6 Å². The summed E-state index contributed by atoms with van der Waals surface area (Å²) in [4.78, 5) is 6.95. The molecule has 1 aromatic heterocycles. The van der Waals surface area contributed by atoms with Crippen molar-refractivity contribution in [3.63, 3.8) is 0 Å². The molecular weight excluding hydrogens is 266 g/mol. The van der Waals surface area contributed by atoms with Gasteiger partial charge >= 0.3 is 0 Å². The lowest BCUT2D eigenvalue weighted by Crippen LogP contribution is -2.70. The van der Waals surface area contributed by atoms with E-state index in [4.69, 9.17) is 5.73 Å². The summed E-state index contributed by atoms with van der Waals surface area (Å²) in [5.74, 6) is 0.818. The third kappa shape index (κ3) is 2.13. The molecule has 2 N–H and O–H groups in total. The molecule has 1 saturated carbocycles. The second kappa shape index (κ2) is 5.09. The van der Waals surface area contributed by atoms with Crippen LogP contribution in [-0.2, 0) is 6.54 Å². The van der Waals surface area contributed by atoms with Gasteiger partial charge in [0.25, 0.3) is 0 Å². The van der Waals surface area contributed by atoms with Crippen LogP contribution in [0.3, 0.4) is 0 Å². The number of hydrogen-bond acceptors (Lipinski definition) is 4. The van der Waals surface area contributed by atoms with Crippen molar-refractivity contribution in [2.45, 2.75) is 43.8 Å². The summed E-state index contributed by atoms with van der Waals surface area (Å²) in [5.41, 5.74) is 6.61. The van der Waals surface area contributed by atoms with Gasteiger partial charge in [-0.05, 0) is 56.1 Å². The number of hydrogen-bond donors (Lipinski definition) is 1. The Balaban J connectivity index is 1.63. The lowest BCUT2D eigenvalue weighted by molar-refractivity contribution is -0.0752. The van der Waals surface area contributed by atoms with Crippen LogP contribution in [0.1, 0.15) is 30.6 Å². The Bertz CT molecular complexity index is 448. The average molecular weight is 291 g/mol. The molecule has 1 aromatic rings. The highest BCUT2D eigenvalue weighted by Gasteiger charge is 2.52. The second-order valence-electron chi connectivity index (χ2n) is 6.80. The van der Waals surface area contributed by atoms with Crippen LogP contribution in [0, 0.1) is 5.92 Å². The Morgan fingerprint density at radius 2 is 2.10 bits per heavy atom. The van der Waals surface area contributed by atoms with Crippen LogP contribution >= 0.6 is 11.3 Å². The number of nitrogens with two attached hydrogens (primary N) is 1. The van der Waals surface area contributed by atoms with Crippen molar-refractivity contribution in [1.82, 2.24) is 9.80 Å². The van der Waals surface area contributed by atoms with E-state index < -0.39 is 0 Å². The van der Waals surface area contributed by atoms with Gasteiger partial charge < -0.3 is 10.6 Å². The molecule has 20 heavy (non-hydrogen) atoms. The molecule has 3 saturated heterocycles. The molecule has 4 heteroatoms. The van der Waals surface area contributed by atoms with Crippen LogP contribution in [0.2, 0.25) is 0 Å². The molecule has 0 aromatic carbocycles. The third-order valence-corrected chi connectivity index (χ3v) is 6.53. The predicted octanol–water partition coefficient (Wildman–Crippen LogP) is 2.14. The van der Waals surface area contributed by atoms with Gasteiger partial charge in [0.1, 0.15) is 0 Å². The Morgan fingerprint density at radius 1 is 1.30 bits per heavy atom. The Hall–Kier alpha value is -0.420. The van der Waals surface area contributed by atoms with E-state index >= 15 is 0 Å². The van der Waals surface area contributed by atoms with E-state index in [-0.39, 0.29) is 5.54 Å². The van der Waals surface area contributed by atoms with E-state index in [9.17, 15) is 0 Å². The zero-order chi connectivity index (χ0) is 13.6. The zero-order valence-electron chi connectivity index (χ0n) is 12.1. The summed E-state index contributed by atoms with van der Waals surface area (Å²) in [7, 11) is 0. The summed E-state index contributed by atoms with van der Waals surface area (Å²) in [6.07, 6.45) is 5.45. The lowest BCUT2D eigenvalue weighted by Gasteiger charge is -2.58. The van der Waals surface area contributed by atoms with Crippen molar-refractivity contribution in [1.29, 1.82) is 0 Å². The molecule has 4 aliphatic rings. The van der Waals surface area contributed by atoms with Gasteiger partial charge in [0.05, 0.1) is 0 Å². The Kier molecular flexibility index (Phi) is 3.38. The van der Waals surface area contributed by atoms with E-state index in [1.807, 2.05) is 11.3 Å². The van der Waals surface area contributed by atoms with E-state index in [0.29, 0.717) is 0 Å². The summed E-state index contributed by atoms with van der Waals surface area (Å²) in [5, 5.41) is 2.20. The molecular formula is C16H25N3S. The first-order valence-electron chi connectivity index (χ1n) is 8.03. The smallest absolute Gasteiger partial charge is 0.0494 e. The van der Waals surface area contributed by atoms with Crippen molar-refractivity contribution in [2.24, 2.45) is 11.7 Å². The molecule has 4 heterocycles. The summed E-state index contributed by atoms with van der Waals surface area (Å²) in [6.45, 7) is 5.74. The van der Waals surface area contributed by atoms with Gasteiger partial charge in [0, 0.05) is 36.1 Å². The summed E-state index contributed by atoms with van der Waals surface area (Å²) in [6, 6.07) is 5.25. The molecule has 2 bridgehead atoms. The van der Waals surface area contributed by atoms with Crippen LogP contribution in [0.4, 0.5) is 0 Å².